The van der Waals surface area contributed by atoms with Gasteiger partial charge in [-0.05, 0) is 50.6 Å². The van der Waals surface area contributed by atoms with Gasteiger partial charge >= 0.3 is 5.97 Å². The topological polar surface area (TPSA) is 111 Å². The summed E-state index contributed by atoms with van der Waals surface area (Å²) in [6.45, 7) is 1.52. The molecule has 1 aromatic rings. The van der Waals surface area contributed by atoms with Crippen LogP contribution in [0.2, 0.25) is 0 Å². The van der Waals surface area contributed by atoms with Gasteiger partial charge in [0.15, 0.2) is 6.10 Å². The Labute approximate surface area is 171 Å². The maximum atomic E-state index is 12.2. The van der Waals surface area contributed by atoms with E-state index in [4.69, 9.17) is 9.47 Å². The Morgan fingerprint density at radius 1 is 1.21 bits per heavy atom. The van der Waals surface area contributed by atoms with Gasteiger partial charge in [-0.3, -0.25) is 4.79 Å². The quantitative estimate of drug-likeness (QED) is 0.488. The van der Waals surface area contributed by atoms with E-state index in [1.807, 2.05) is 0 Å². The number of carbonyl (C=O) groups excluding carboxylic acids is 2. The lowest BCUT2D eigenvalue weighted by molar-refractivity contribution is -0.150. The largest absolute Gasteiger partial charge is 0.495 e. The Bertz CT molecular complexity index is 860. The first-order valence-corrected chi connectivity index (χ1v) is 11.1. The molecule has 1 fully saturated rings. The number of hydrogen-bond acceptors (Lipinski definition) is 6. The van der Waals surface area contributed by atoms with Crippen molar-refractivity contribution in [1.29, 1.82) is 0 Å². The van der Waals surface area contributed by atoms with Crippen LogP contribution in [0.25, 0.3) is 6.08 Å². The van der Waals surface area contributed by atoms with Crippen LogP contribution in [-0.2, 0) is 24.3 Å². The molecule has 1 aliphatic carbocycles. The normalized spacial score (nSPS) is 16.4. The van der Waals surface area contributed by atoms with Crippen LogP contribution in [0.15, 0.2) is 29.2 Å². The highest BCUT2D eigenvalue weighted by Crippen LogP contribution is 2.25. The second kappa shape index (κ2) is 10.4. The third-order valence-electron chi connectivity index (χ3n) is 4.77. The fraction of sp³-hybridized carbons (Fsp3) is 0.500. The number of benzene rings is 1. The molecule has 1 atom stereocenters. The van der Waals surface area contributed by atoms with Gasteiger partial charge in [0.1, 0.15) is 10.6 Å². The standard InChI is InChI=1S/C20H28N2O6S/c1-14(20(24)22-16-7-5-4-6-8-16)28-19(23)12-10-15-9-11-17(27-3)18(13-15)29(25,26)21-2/h9-14,16,21H,4-8H2,1-3H3,(H,22,24)/b12-10+. The predicted molar refractivity (Wildman–Crippen MR) is 109 cm³/mol. The zero-order valence-corrected chi connectivity index (χ0v) is 17.8. The molecule has 160 valence electrons. The molecular formula is C20H28N2O6S. The maximum absolute atomic E-state index is 12.2. The van der Waals surface area contributed by atoms with Gasteiger partial charge < -0.3 is 14.8 Å². The molecule has 1 aliphatic rings. The van der Waals surface area contributed by atoms with Gasteiger partial charge in [-0.15, -0.1) is 0 Å². The van der Waals surface area contributed by atoms with Crippen molar-refractivity contribution in [2.45, 2.75) is 56.1 Å². The van der Waals surface area contributed by atoms with E-state index in [-0.39, 0.29) is 22.6 Å². The van der Waals surface area contributed by atoms with Crippen molar-refractivity contribution < 1.29 is 27.5 Å². The van der Waals surface area contributed by atoms with Crippen molar-refractivity contribution in [3.05, 3.63) is 29.8 Å². The Morgan fingerprint density at radius 2 is 1.90 bits per heavy atom. The lowest BCUT2D eigenvalue weighted by Crippen LogP contribution is -2.42. The number of carbonyl (C=O) groups is 2. The van der Waals surface area contributed by atoms with Crippen molar-refractivity contribution in [3.8, 4) is 5.75 Å². The lowest BCUT2D eigenvalue weighted by Gasteiger charge is -2.24. The molecule has 0 bridgehead atoms. The molecule has 1 saturated carbocycles. The van der Waals surface area contributed by atoms with Crippen molar-refractivity contribution in [3.63, 3.8) is 0 Å². The Kier molecular flexibility index (Phi) is 8.21. The first kappa shape index (κ1) is 22.9. The van der Waals surface area contributed by atoms with Crippen molar-refractivity contribution >= 4 is 28.0 Å². The van der Waals surface area contributed by atoms with Gasteiger partial charge in [0.2, 0.25) is 10.0 Å². The summed E-state index contributed by atoms with van der Waals surface area (Å²) in [5.41, 5.74) is 0.468. The Balaban J connectivity index is 1.99. The average molecular weight is 425 g/mol. The molecule has 0 spiro atoms. The van der Waals surface area contributed by atoms with Crippen LogP contribution in [-0.4, -0.2) is 46.6 Å². The minimum absolute atomic E-state index is 0.0433. The highest BCUT2D eigenvalue weighted by Gasteiger charge is 2.22. The third kappa shape index (κ3) is 6.57. The fourth-order valence-corrected chi connectivity index (χ4v) is 4.04. The molecule has 2 N–H and O–H groups in total. The van der Waals surface area contributed by atoms with Crippen LogP contribution in [0.4, 0.5) is 0 Å². The second-order valence-corrected chi connectivity index (χ2v) is 8.73. The molecule has 1 amide bonds. The number of methoxy groups -OCH3 is 1. The van der Waals surface area contributed by atoms with E-state index in [0.29, 0.717) is 5.56 Å². The van der Waals surface area contributed by atoms with E-state index in [9.17, 15) is 18.0 Å². The van der Waals surface area contributed by atoms with E-state index in [1.165, 1.54) is 45.7 Å². The van der Waals surface area contributed by atoms with Gasteiger partial charge in [0, 0.05) is 12.1 Å². The first-order chi connectivity index (χ1) is 13.8. The molecule has 0 aromatic heterocycles. The summed E-state index contributed by atoms with van der Waals surface area (Å²) in [4.78, 5) is 24.2. The molecule has 1 unspecified atom stereocenters. The minimum Gasteiger partial charge on any atom is -0.495 e. The van der Waals surface area contributed by atoms with Crippen molar-refractivity contribution in [2.75, 3.05) is 14.2 Å². The number of rotatable bonds is 8. The summed E-state index contributed by atoms with van der Waals surface area (Å²) in [5.74, 6) is -0.817. The summed E-state index contributed by atoms with van der Waals surface area (Å²) < 4.78 is 36.7. The second-order valence-electron chi connectivity index (χ2n) is 6.87. The van der Waals surface area contributed by atoms with E-state index >= 15 is 0 Å². The maximum Gasteiger partial charge on any atom is 0.331 e. The van der Waals surface area contributed by atoms with Gasteiger partial charge in [0.05, 0.1) is 7.11 Å². The zero-order chi connectivity index (χ0) is 21.4. The molecule has 9 heteroatoms. The van der Waals surface area contributed by atoms with Crippen LogP contribution < -0.4 is 14.8 Å². The van der Waals surface area contributed by atoms with Gasteiger partial charge in [-0.25, -0.2) is 17.9 Å². The van der Waals surface area contributed by atoms with Crippen molar-refractivity contribution in [1.82, 2.24) is 10.0 Å². The lowest BCUT2D eigenvalue weighted by atomic mass is 9.95. The van der Waals surface area contributed by atoms with Crippen LogP contribution in [0, 0.1) is 0 Å². The number of hydrogen-bond donors (Lipinski definition) is 2. The Hall–Kier alpha value is -2.39. The van der Waals surface area contributed by atoms with E-state index in [2.05, 4.69) is 10.0 Å². The SMILES string of the molecule is CNS(=O)(=O)c1cc(/C=C/C(=O)OC(C)C(=O)NC2CCCCC2)ccc1OC. The highest BCUT2D eigenvalue weighted by molar-refractivity contribution is 7.89. The molecule has 1 aromatic carbocycles. The third-order valence-corrected chi connectivity index (χ3v) is 6.21. The number of sulfonamides is 1. The van der Waals surface area contributed by atoms with E-state index in [0.717, 1.165) is 31.8 Å². The number of amides is 1. The minimum atomic E-state index is -3.72. The van der Waals surface area contributed by atoms with E-state index < -0.39 is 22.1 Å². The molecular weight excluding hydrogens is 396 g/mol. The van der Waals surface area contributed by atoms with Crippen LogP contribution in [0.5, 0.6) is 5.75 Å². The summed E-state index contributed by atoms with van der Waals surface area (Å²) >= 11 is 0. The molecule has 0 radical (unpaired) electrons. The highest BCUT2D eigenvalue weighted by atomic mass is 32.2. The smallest absolute Gasteiger partial charge is 0.331 e. The summed E-state index contributed by atoms with van der Waals surface area (Å²) in [6.07, 6.45) is 6.92. The molecule has 0 aliphatic heterocycles. The van der Waals surface area contributed by atoms with Gasteiger partial charge in [0.25, 0.3) is 5.91 Å². The van der Waals surface area contributed by atoms with Gasteiger partial charge in [-0.1, -0.05) is 25.3 Å². The summed E-state index contributed by atoms with van der Waals surface area (Å²) in [6, 6.07) is 4.62. The molecule has 29 heavy (non-hydrogen) atoms. The fourth-order valence-electron chi connectivity index (χ4n) is 3.11. The molecule has 2 rings (SSSR count). The van der Waals surface area contributed by atoms with E-state index in [1.54, 1.807) is 6.07 Å². The summed E-state index contributed by atoms with van der Waals surface area (Å²) in [5, 5.41) is 2.91. The Morgan fingerprint density at radius 3 is 2.52 bits per heavy atom. The molecule has 0 heterocycles. The number of esters is 1. The average Bonchev–Trinajstić information content (AvgIpc) is 2.72. The summed E-state index contributed by atoms with van der Waals surface area (Å²) in [7, 11) is -1.05. The van der Waals surface area contributed by atoms with Crippen LogP contribution in [0.1, 0.15) is 44.6 Å². The van der Waals surface area contributed by atoms with Crippen LogP contribution >= 0.6 is 0 Å². The predicted octanol–water partition coefficient (Wildman–Crippen LogP) is 2.00. The monoisotopic (exact) mass is 424 g/mol. The number of nitrogens with one attached hydrogen (secondary N) is 2. The van der Waals surface area contributed by atoms with Crippen molar-refractivity contribution in [2.24, 2.45) is 0 Å². The zero-order valence-electron chi connectivity index (χ0n) is 16.9. The molecule has 8 nitrogen and oxygen atoms in total. The number of ether oxygens (including phenoxy) is 2. The van der Waals surface area contributed by atoms with Crippen LogP contribution in [0.3, 0.4) is 0 Å². The molecule has 0 saturated heterocycles. The van der Waals surface area contributed by atoms with Gasteiger partial charge in [-0.2, -0.15) is 0 Å². The first-order valence-electron chi connectivity index (χ1n) is 9.57.